The monoisotopic (exact) mass is 423 g/mol. The molecule has 0 spiro atoms. The minimum atomic E-state index is -4.47. The van der Waals surface area contributed by atoms with Crippen molar-refractivity contribution in [3.8, 4) is 5.88 Å². The number of hydrogen-bond donors (Lipinski definition) is 2. The number of amides is 2. The number of carbonyl (C=O) groups is 2. The fourth-order valence-electron chi connectivity index (χ4n) is 2.54. The van der Waals surface area contributed by atoms with Gasteiger partial charge in [-0.1, -0.05) is 0 Å². The molecule has 1 atom stereocenters. The summed E-state index contributed by atoms with van der Waals surface area (Å²) in [6, 6.07) is 3.67. The zero-order valence-electron chi connectivity index (χ0n) is 16.3. The van der Waals surface area contributed by atoms with Crippen LogP contribution < -0.4 is 15.4 Å². The third kappa shape index (κ3) is 6.13. The highest BCUT2D eigenvalue weighted by Crippen LogP contribution is 2.30. The Hall–Kier alpha value is -3.24. The number of pyridine rings is 1. The van der Waals surface area contributed by atoms with Gasteiger partial charge in [0.2, 0.25) is 17.7 Å². The molecule has 1 saturated carbocycles. The number of anilines is 1. The van der Waals surface area contributed by atoms with Gasteiger partial charge in [-0.05, 0) is 38.8 Å². The summed E-state index contributed by atoms with van der Waals surface area (Å²) >= 11 is 0. The molecule has 0 saturated heterocycles. The average molecular weight is 423 g/mol. The largest absolute Gasteiger partial charge is 0.468 e. The lowest BCUT2D eigenvalue weighted by Crippen LogP contribution is -2.28. The molecule has 0 radical (unpaired) electrons. The molecule has 160 valence electrons. The molecule has 2 aromatic rings. The lowest BCUT2D eigenvalue weighted by atomic mass is 10.2. The topological polar surface area (TPSA) is 106 Å². The van der Waals surface area contributed by atoms with E-state index in [0.29, 0.717) is 11.4 Å². The Bertz CT molecular complexity index is 930. The molecule has 1 unspecified atom stereocenters. The second-order valence-corrected chi connectivity index (χ2v) is 7.01. The van der Waals surface area contributed by atoms with Crippen molar-refractivity contribution >= 4 is 17.8 Å². The van der Waals surface area contributed by atoms with Crippen molar-refractivity contribution in [2.24, 2.45) is 5.92 Å². The van der Waals surface area contributed by atoms with Crippen molar-refractivity contribution in [3.05, 3.63) is 41.3 Å². The average Bonchev–Trinajstić information content (AvgIpc) is 3.51. The number of hydrogen-bond acceptors (Lipinski definition) is 6. The third-order valence-electron chi connectivity index (χ3n) is 4.23. The number of carbonyl (C=O) groups excluding carboxylic acids is 2. The molecule has 2 N–H and O–H groups in total. The highest BCUT2D eigenvalue weighted by Gasteiger charge is 2.30. The Balaban J connectivity index is 1.62. The molecule has 30 heavy (non-hydrogen) atoms. The van der Waals surface area contributed by atoms with Gasteiger partial charge in [0.25, 0.3) is 5.91 Å². The summed E-state index contributed by atoms with van der Waals surface area (Å²) in [7, 11) is 0. The lowest BCUT2D eigenvalue weighted by Gasteiger charge is -2.15. The first-order chi connectivity index (χ1) is 14.1. The van der Waals surface area contributed by atoms with Crippen molar-refractivity contribution in [2.45, 2.75) is 38.9 Å². The van der Waals surface area contributed by atoms with Crippen molar-refractivity contribution in [1.82, 2.24) is 20.3 Å². The second-order valence-electron chi connectivity index (χ2n) is 7.01. The van der Waals surface area contributed by atoms with E-state index in [9.17, 15) is 22.8 Å². The maximum atomic E-state index is 12.4. The van der Waals surface area contributed by atoms with Crippen LogP contribution in [-0.4, -0.2) is 39.5 Å². The molecule has 2 heterocycles. The van der Waals surface area contributed by atoms with Crippen LogP contribution in [0, 0.1) is 12.8 Å². The maximum Gasteiger partial charge on any atom is 0.422 e. The van der Waals surface area contributed by atoms with E-state index < -0.39 is 24.7 Å². The number of aryl methyl sites for hydroxylation is 1. The van der Waals surface area contributed by atoms with E-state index in [1.54, 1.807) is 19.9 Å². The Morgan fingerprint density at radius 2 is 2.00 bits per heavy atom. The fourth-order valence-corrected chi connectivity index (χ4v) is 2.54. The molecule has 3 rings (SSSR count). The van der Waals surface area contributed by atoms with Crippen LogP contribution in [0.15, 0.2) is 24.4 Å². The Kier molecular flexibility index (Phi) is 6.18. The summed E-state index contributed by atoms with van der Waals surface area (Å²) in [6.07, 6.45) is -1.64. The minimum absolute atomic E-state index is 0.00488. The second kappa shape index (κ2) is 8.64. The van der Waals surface area contributed by atoms with Gasteiger partial charge in [0, 0.05) is 23.9 Å². The van der Waals surface area contributed by atoms with Crippen LogP contribution in [0.5, 0.6) is 5.88 Å². The van der Waals surface area contributed by atoms with Crippen LogP contribution in [0.3, 0.4) is 0 Å². The number of aromatic nitrogens is 3. The van der Waals surface area contributed by atoms with Crippen molar-refractivity contribution in [2.75, 3.05) is 11.9 Å². The predicted octanol–water partition coefficient (Wildman–Crippen LogP) is 2.96. The van der Waals surface area contributed by atoms with Crippen LogP contribution in [0.25, 0.3) is 0 Å². The minimum Gasteiger partial charge on any atom is -0.468 e. The van der Waals surface area contributed by atoms with Gasteiger partial charge in [-0.25, -0.2) is 15.0 Å². The Morgan fingerprint density at radius 1 is 1.27 bits per heavy atom. The van der Waals surface area contributed by atoms with E-state index in [2.05, 4.69) is 30.3 Å². The number of halogens is 3. The lowest BCUT2D eigenvalue weighted by molar-refractivity contribution is -0.154. The summed E-state index contributed by atoms with van der Waals surface area (Å²) in [4.78, 5) is 36.5. The first-order valence-electron chi connectivity index (χ1n) is 9.23. The van der Waals surface area contributed by atoms with Crippen LogP contribution in [0.1, 0.15) is 47.6 Å². The third-order valence-corrected chi connectivity index (χ3v) is 4.23. The van der Waals surface area contributed by atoms with Gasteiger partial charge in [0.05, 0.1) is 17.3 Å². The molecule has 1 aliphatic carbocycles. The van der Waals surface area contributed by atoms with Gasteiger partial charge in [0.1, 0.15) is 0 Å². The van der Waals surface area contributed by atoms with E-state index in [4.69, 9.17) is 0 Å². The van der Waals surface area contributed by atoms with E-state index in [-0.39, 0.29) is 29.2 Å². The summed E-state index contributed by atoms with van der Waals surface area (Å²) in [5, 5.41) is 5.40. The molecular weight excluding hydrogens is 403 g/mol. The zero-order valence-corrected chi connectivity index (χ0v) is 16.3. The molecule has 0 bridgehead atoms. The molecular formula is C19H20F3N5O3. The molecule has 1 aliphatic rings. The van der Waals surface area contributed by atoms with E-state index in [1.807, 2.05) is 0 Å². The first kappa shape index (κ1) is 21.5. The van der Waals surface area contributed by atoms with E-state index in [1.165, 1.54) is 12.1 Å². The molecule has 11 heteroatoms. The van der Waals surface area contributed by atoms with Crippen LogP contribution in [0.4, 0.5) is 19.1 Å². The number of nitrogens with zero attached hydrogens (tertiary/aromatic N) is 3. The van der Waals surface area contributed by atoms with Crippen molar-refractivity contribution in [1.29, 1.82) is 0 Å². The molecule has 2 aromatic heterocycles. The number of alkyl halides is 3. The highest BCUT2D eigenvalue weighted by atomic mass is 19.4. The molecule has 0 aromatic carbocycles. The van der Waals surface area contributed by atoms with Gasteiger partial charge in [-0.2, -0.15) is 13.2 Å². The van der Waals surface area contributed by atoms with Crippen LogP contribution in [0.2, 0.25) is 0 Å². The summed E-state index contributed by atoms with van der Waals surface area (Å²) < 4.78 is 41.0. The van der Waals surface area contributed by atoms with Crippen molar-refractivity contribution in [3.63, 3.8) is 0 Å². The predicted molar refractivity (Wildman–Crippen MR) is 99.8 cm³/mol. The van der Waals surface area contributed by atoms with Gasteiger partial charge >= 0.3 is 6.18 Å². The van der Waals surface area contributed by atoms with Gasteiger partial charge in [-0.3, -0.25) is 14.9 Å². The van der Waals surface area contributed by atoms with Crippen LogP contribution >= 0.6 is 0 Å². The molecule has 2 amide bonds. The van der Waals surface area contributed by atoms with E-state index >= 15 is 0 Å². The Morgan fingerprint density at radius 3 is 2.60 bits per heavy atom. The van der Waals surface area contributed by atoms with Gasteiger partial charge in [-0.15, -0.1) is 0 Å². The number of ether oxygens (including phenoxy) is 1. The molecule has 1 fully saturated rings. The Labute approximate surface area is 170 Å². The van der Waals surface area contributed by atoms with E-state index in [0.717, 1.165) is 19.0 Å². The summed E-state index contributed by atoms with van der Waals surface area (Å²) in [6.45, 7) is 1.99. The van der Waals surface area contributed by atoms with Gasteiger partial charge < -0.3 is 10.1 Å². The highest BCUT2D eigenvalue weighted by molar-refractivity contribution is 5.94. The molecule has 0 aliphatic heterocycles. The quantitative estimate of drug-likeness (QED) is 0.709. The molecule has 8 nitrogen and oxygen atoms in total. The summed E-state index contributed by atoms with van der Waals surface area (Å²) in [5.41, 5.74) is 1.27. The van der Waals surface area contributed by atoms with Crippen molar-refractivity contribution < 1.29 is 27.5 Å². The maximum absolute atomic E-state index is 12.4. The SMILES string of the molecule is Cc1cc(C(C)NC(=O)c2ccc(OCC(F)(F)F)nc2)nc(NC(=O)C2CC2)n1. The van der Waals surface area contributed by atoms with Gasteiger partial charge in [0.15, 0.2) is 6.61 Å². The first-order valence-corrected chi connectivity index (χ1v) is 9.23. The summed E-state index contributed by atoms with van der Waals surface area (Å²) in [5.74, 6) is -0.667. The standard InChI is InChI=1S/C19H20F3N5O3/c1-10-7-14(26-18(24-10)27-16(28)12-3-4-12)11(2)25-17(29)13-5-6-15(23-8-13)30-9-19(20,21)22/h5-8,11-12H,3-4,9H2,1-2H3,(H,25,29)(H,24,26,27,28). The number of rotatable bonds is 7. The number of nitrogens with one attached hydrogen (secondary N) is 2. The van der Waals surface area contributed by atoms with Crippen LogP contribution in [-0.2, 0) is 4.79 Å². The smallest absolute Gasteiger partial charge is 0.422 e. The zero-order chi connectivity index (χ0) is 21.9. The fraction of sp³-hybridized carbons (Fsp3) is 0.421. The normalized spacial score (nSPS) is 14.7.